The van der Waals surface area contributed by atoms with Crippen LogP contribution in [-0.4, -0.2) is 17.9 Å². The first-order valence-electron chi connectivity index (χ1n) is 5.75. The second kappa shape index (κ2) is 4.86. The summed E-state index contributed by atoms with van der Waals surface area (Å²) < 4.78 is 4.66. The number of ether oxygens (including phenoxy) is 1. The Morgan fingerprint density at radius 1 is 1.40 bits per heavy atom. The first kappa shape index (κ1) is 12.3. The first-order chi connectivity index (χ1) is 6.89. The van der Waals surface area contributed by atoms with Crippen LogP contribution < -0.4 is 0 Å². The summed E-state index contributed by atoms with van der Waals surface area (Å²) in [4.78, 5) is 10.3. The molecule has 3 heteroatoms. The van der Waals surface area contributed by atoms with E-state index in [2.05, 4.69) is 25.5 Å². The minimum Gasteiger partial charge on any atom is -0.450 e. The van der Waals surface area contributed by atoms with Crippen LogP contribution in [0.25, 0.3) is 0 Å². The van der Waals surface area contributed by atoms with Crippen LogP contribution in [0.4, 0.5) is 4.79 Å². The Morgan fingerprint density at radius 3 is 2.60 bits per heavy atom. The van der Waals surface area contributed by atoms with Crippen LogP contribution in [0, 0.1) is 17.3 Å². The maximum absolute atomic E-state index is 10.3. The highest BCUT2D eigenvalue weighted by atomic mass is 16.7. The summed E-state index contributed by atoms with van der Waals surface area (Å²) in [6.07, 6.45) is 3.55. The normalized spacial score (nSPS) is 27.4. The maximum Gasteiger partial charge on any atom is 0.505 e. The molecule has 0 heterocycles. The molecule has 0 radical (unpaired) electrons. The lowest BCUT2D eigenvalue weighted by Gasteiger charge is -2.37. The van der Waals surface area contributed by atoms with Crippen LogP contribution in [0.3, 0.4) is 0 Å². The lowest BCUT2D eigenvalue weighted by molar-refractivity contribution is 0.0523. The van der Waals surface area contributed by atoms with Crippen molar-refractivity contribution in [1.82, 2.24) is 0 Å². The fraction of sp³-hybridized carbons (Fsp3) is 0.917. The molecule has 2 atom stereocenters. The summed E-state index contributed by atoms with van der Waals surface area (Å²) in [6, 6.07) is 0. The van der Waals surface area contributed by atoms with Gasteiger partial charge in [-0.25, -0.2) is 4.79 Å². The second-order valence-electron chi connectivity index (χ2n) is 5.67. The molecule has 0 unspecified atom stereocenters. The number of rotatable bonds is 2. The molecule has 0 spiro atoms. The molecule has 0 aliphatic heterocycles. The summed E-state index contributed by atoms with van der Waals surface area (Å²) in [6.45, 7) is 7.16. The minimum atomic E-state index is -1.15. The van der Waals surface area contributed by atoms with Crippen LogP contribution in [0.1, 0.15) is 46.5 Å². The van der Waals surface area contributed by atoms with Gasteiger partial charge in [0, 0.05) is 0 Å². The molecule has 0 aromatic heterocycles. The number of carboxylic acid groups (broad SMARTS) is 1. The number of hydrogen-bond donors (Lipinski definition) is 1. The predicted molar refractivity (Wildman–Crippen MR) is 58.9 cm³/mol. The van der Waals surface area contributed by atoms with Crippen LogP contribution in [0.15, 0.2) is 0 Å². The standard InChI is InChI=1S/C12H22O3/c1-12(2,3)10-6-4-5-9(7-10)8-15-11(13)14/h9-10H,4-8H2,1-3H3,(H,13,14)/t9-,10-/m1/s1. The van der Waals surface area contributed by atoms with Crippen molar-refractivity contribution < 1.29 is 14.6 Å². The van der Waals surface area contributed by atoms with E-state index in [0.717, 1.165) is 12.8 Å². The Morgan fingerprint density at radius 2 is 2.07 bits per heavy atom. The molecular formula is C12H22O3. The summed E-state index contributed by atoms with van der Waals surface area (Å²) in [5.74, 6) is 1.13. The quantitative estimate of drug-likeness (QED) is 0.715. The van der Waals surface area contributed by atoms with Crippen molar-refractivity contribution in [2.45, 2.75) is 46.5 Å². The lowest BCUT2D eigenvalue weighted by atomic mass is 9.69. The molecule has 15 heavy (non-hydrogen) atoms. The van der Waals surface area contributed by atoms with E-state index >= 15 is 0 Å². The molecule has 1 N–H and O–H groups in total. The predicted octanol–water partition coefficient (Wildman–Crippen LogP) is 3.53. The number of carbonyl (C=O) groups is 1. The molecule has 0 saturated heterocycles. The van der Waals surface area contributed by atoms with E-state index in [1.165, 1.54) is 12.8 Å². The van der Waals surface area contributed by atoms with E-state index in [4.69, 9.17) is 5.11 Å². The van der Waals surface area contributed by atoms with Gasteiger partial charge in [0.1, 0.15) is 0 Å². The van der Waals surface area contributed by atoms with E-state index in [9.17, 15) is 4.79 Å². The Bertz CT molecular complexity index is 217. The highest BCUT2D eigenvalue weighted by Crippen LogP contribution is 2.40. The first-order valence-corrected chi connectivity index (χ1v) is 5.75. The zero-order valence-electron chi connectivity index (χ0n) is 9.95. The zero-order chi connectivity index (χ0) is 11.5. The zero-order valence-corrected chi connectivity index (χ0v) is 9.95. The lowest BCUT2D eigenvalue weighted by Crippen LogP contribution is -2.29. The van der Waals surface area contributed by atoms with Crippen molar-refractivity contribution in [1.29, 1.82) is 0 Å². The van der Waals surface area contributed by atoms with Gasteiger partial charge >= 0.3 is 6.16 Å². The molecule has 1 saturated carbocycles. The van der Waals surface area contributed by atoms with Gasteiger partial charge in [-0.1, -0.05) is 27.2 Å². The highest BCUT2D eigenvalue weighted by molar-refractivity contribution is 5.56. The summed E-state index contributed by atoms with van der Waals surface area (Å²) >= 11 is 0. The third-order valence-electron chi connectivity index (χ3n) is 3.45. The van der Waals surface area contributed by atoms with Crippen molar-refractivity contribution in [3.05, 3.63) is 0 Å². The molecule has 0 aromatic rings. The van der Waals surface area contributed by atoms with Gasteiger partial charge in [-0.3, -0.25) is 0 Å². The fourth-order valence-corrected chi connectivity index (χ4v) is 2.42. The van der Waals surface area contributed by atoms with E-state index in [1.54, 1.807) is 0 Å². The monoisotopic (exact) mass is 214 g/mol. The molecule has 88 valence electrons. The molecule has 0 aromatic carbocycles. The van der Waals surface area contributed by atoms with Gasteiger partial charge in [0.05, 0.1) is 6.61 Å². The van der Waals surface area contributed by atoms with Crippen molar-refractivity contribution >= 4 is 6.16 Å². The molecule has 0 bridgehead atoms. The Labute approximate surface area is 91.8 Å². The van der Waals surface area contributed by atoms with Gasteiger partial charge in [0.25, 0.3) is 0 Å². The average Bonchev–Trinajstić information content (AvgIpc) is 2.14. The van der Waals surface area contributed by atoms with Gasteiger partial charge in [-0.05, 0) is 36.5 Å². The minimum absolute atomic E-state index is 0.335. The fourth-order valence-electron chi connectivity index (χ4n) is 2.42. The largest absolute Gasteiger partial charge is 0.505 e. The molecule has 1 rings (SSSR count). The van der Waals surface area contributed by atoms with E-state index < -0.39 is 6.16 Å². The van der Waals surface area contributed by atoms with Crippen molar-refractivity contribution in [3.8, 4) is 0 Å². The Balaban J connectivity index is 2.39. The van der Waals surface area contributed by atoms with E-state index in [-0.39, 0.29) is 0 Å². The van der Waals surface area contributed by atoms with Crippen LogP contribution in [0.2, 0.25) is 0 Å². The third kappa shape index (κ3) is 4.10. The van der Waals surface area contributed by atoms with E-state index in [0.29, 0.717) is 23.9 Å². The average molecular weight is 214 g/mol. The van der Waals surface area contributed by atoms with E-state index in [1.807, 2.05) is 0 Å². The summed E-state index contributed by atoms with van der Waals surface area (Å²) in [5.41, 5.74) is 0.335. The second-order valence-corrected chi connectivity index (χ2v) is 5.67. The Kier molecular flexibility index (Phi) is 4.00. The maximum atomic E-state index is 10.3. The van der Waals surface area contributed by atoms with Crippen LogP contribution in [0.5, 0.6) is 0 Å². The highest BCUT2D eigenvalue weighted by Gasteiger charge is 2.30. The molecule has 1 aliphatic rings. The van der Waals surface area contributed by atoms with Gasteiger partial charge < -0.3 is 9.84 Å². The van der Waals surface area contributed by atoms with Crippen LogP contribution >= 0.6 is 0 Å². The van der Waals surface area contributed by atoms with Gasteiger partial charge in [-0.15, -0.1) is 0 Å². The molecule has 3 nitrogen and oxygen atoms in total. The molecular weight excluding hydrogens is 192 g/mol. The van der Waals surface area contributed by atoms with Crippen molar-refractivity contribution in [2.24, 2.45) is 17.3 Å². The van der Waals surface area contributed by atoms with Crippen molar-refractivity contribution in [3.63, 3.8) is 0 Å². The van der Waals surface area contributed by atoms with Crippen molar-refractivity contribution in [2.75, 3.05) is 6.61 Å². The Hall–Kier alpha value is -0.730. The van der Waals surface area contributed by atoms with Gasteiger partial charge in [0.2, 0.25) is 0 Å². The van der Waals surface area contributed by atoms with Crippen LogP contribution in [-0.2, 0) is 4.74 Å². The molecule has 0 amide bonds. The molecule has 1 fully saturated rings. The number of hydrogen-bond acceptors (Lipinski definition) is 2. The van der Waals surface area contributed by atoms with Gasteiger partial charge in [0.15, 0.2) is 0 Å². The SMILES string of the molecule is CC(C)(C)[C@@H]1CCC[C@@H](COC(=O)O)C1. The van der Waals surface area contributed by atoms with Gasteiger partial charge in [-0.2, -0.15) is 0 Å². The summed E-state index contributed by atoms with van der Waals surface area (Å²) in [7, 11) is 0. The summed E-state index contributed by atoms with van der Waals surface area (Å²) in [5, 5.41) is 8.45. The third-order valence-corrected chi connectivity index (χ3v) is 3.45. The topological polar surface area (TPSA) is 46.5 Å². The molecule has 1 aliphatic carbocycles. The smallest absolute Gasteiger partial charge is 0.450 e.